The summed E-state index contributed by atoms with van der Waals surface area (Å²) in [4.78, 5) is 35.0. The van der Waals surface area contributed by atoms with Crippen LogP contribution in [0.5, 0.6) is 0 Å². The SMILES string of the molecule is COC(=O)C1=C(CN2CC(F)(F)CC2CC(C)C(=O)O)NC(c2nccs2)=NC1c1ccc(Cl)cc1Cl. The minimum Gasteiger partial charge on any atom is -0.481 e. The number of carbonyl (C=O) groups is 2. The first-order valence-corrected chi connectivity index (χ1v) is 13.0. The summed E-state index contributed by atoms with van der Waals surface area (Å²) in [6, 6.07) is 3.15. The maximum atomic E-state index is 14.5. The molecule has 4 rings (SSSR count). The minimum absolute atomic E-state index is 0.0334. The van der Waals surface area contributed by atoms with Crippen LogP contribution < -0.4 is 5.32 Å². The molecule has 0 aliphatic carbocycles. The summed E-state index contributed by atoms with van der Waals surface area (Å²) in [6.45, 7) is 0.809. The first-order chi connectivity index (χ1) is 17.5. The number of amidine groups is 1. The zero-order chi connectivity index (χ0) is 26.9. The third-order valence-electron chi connectivity index (χ3n) is 6.32. The summed E-state index contributed by atoms with van der Waals surface area (Å²) in [5.74, 6) is -5.25. The first-order valence-electron chi connectivity index (χ1n) is 11.3. The summed E-state index contributed by atoms with van der Waals surface area (Å²) in [7, 11) is 1.22. The fourth-order valence-electron chi connectivity index (χ4n) is 4.56. The summed E-state index contributed by atoms with van der Waals surface area (Å²) >= 11 is 13.9. The van der Waals surface area contributed by atoms with Gasteiger partial charge in [-0.1, -0.05) is 36.2 Å². The molecule has 1 saturated heterocycles. The Labute approximate surface area is 225 Å². The topological polar surface area (TPSA) is 104 Å². The zero-order valence-electron chi connectivity index (χ0n) is 19.9. The highest BCUT2D eigenvalue weighted by Gasteiger charge is 2.46. The van der Waals surface area contributed by atoms with Crippen molar-refractivity contribution in [1.82, 2.24) is 15.2 Å². The molecule has 0 saturated carbocycles. The highest BCUT2D eigenvalue weighted by atomic mass is 35.5. The van der Waals surface area contributed by atoms with Crippen LogP contribution in [0.3, 0.4) is 0 Å². The van der Waals surface area contributed by atoms with Gasteiger partial charge < -0.3 is 15.2 Å². The number of hydrogen-bond acceptors (Lipinski definition) is 8. The molecule has 13 heteroatoms. The lowest BCUT2D eigenvalue weighted by Gasteiger charge is -2.31. The summed E-state index contributed by atoms with van der Waals surface area (Å²) in [5.41, 5.74) is 0.878. The van der Waals surface area contributed by atoms with E-state index in [4.69, 9.17) is 32.9 Å². The van der Waals surface area contributed by atoms with Crippen LogP contribution in [0.15, 0.2) is 46.0 Å². The van der Waals surface area contributed by atoms with Crippen molar-refractivity contribution >= 4 is 52.3 Å². The average molecular weight is 573 g/mol. The number of aromatic nitrogens is 1. The number of likely N-dealkylation sites (tertiary alicyclic amines) is 1. The smallest absolute Gasteiger partial charge is 0.338 e. The van der Waals surface area contributed by atoms with Crippen LogP contribution in [0.1, 0.15) is 36.4 Å². The average Bonchev–Trinajstić information content (AvgIpc) is 3.46. The Balaban J connectivity index is 1.79. The molecule has 37 heavy (non-hydrogen) atoms. The number of aliphatic carboxylic acids is 1. The number of hydrogen-bond donors (Lipinski definition) is 2. The maximum Gasteiger partial charge on any atom is 0.338 e. The number of halogens is 4. The van der Waals surface area contributed by atoms with Gasteiger partial charge in [0.25, 0.3) is 5.92 Å². The second-order valence-corrected chi connectivity index (χ2v) is 10.7. The molecule has 2 aliphatic heterocycles. The van der Waals surface area contributed by atoms with Crippen molar-refractivity contribution < 1.29 is 28.2 Å². The van der Waals surface area contributed by atoms with Gasteiger partial charge in [-0.05, 0) is 18.6 Å². The van der Waals surface area contributed by atoms with Crippen molar-refractivity contribution in [2.24, 2.45) is 10.9 Å². The number of esters is 1. The quantitative estimate of drug-likeness (QED) is 0.438. The van der Waals surface area contributed by atoms with Gasteiger partial charge in [0.2, 0.25) is 0 Å². The number of nitrogens with one attached hydrogen (secondary N) is 1. The number of aliphatic imine (C=N–C) groups is 1. The summed E-state index contributed by atoms with van der Waals surface area (Å²) in [6.07, 6.45) is 1.15. The molecule has 2 aliphatic rings. The lowest BCUT2D eigenvalue weighted by atomic mass is 9.94. The number of methoxy groups -OCH3 is 1. The Kier molecular flexibility index (Phi) is 8.17. The molecular weight excluding hydrogens is 549 g/mol. The van der Waals surface area contributed by atoms with E-state index in [1.807, 2.05) is 0 Å². The monoisotopic (exact) mass is 572 g/mol. The second kappa shape index (κ2) is 11.0. The lowest BCUT2D eigenvalue weighted by Crippen LogP contribution is -2.42. The highest BCUT2D eigenvalue weighted by molar-refractivity contribution is 7.11. The normalized spacial score (nSPS) is 22.4. The van der Waals surface area contributed by atoms with E-state index in [0.717, 1.165) is 0 Å². The Morgan fingerprint density at radius 1 is 1.38 bits per heavy atom. The van der Waals surface area contributed by atoms with Gasteiger partial charge in [0.1, 0.15) is 6.04 Å². The van der Waals surface area contributed by atoms with Gasteiger partial charge in [0.05, 0.1) is 25.1 Å². The van der Waals surface area contributed by atoms with Crippen molar-refractivity contribution in [1.29, 1.82) is 0 Å². The summed E-state index contributed by atoms with van der Waals surface area (Å²) < 4.78 is 34.1. The van der Waals surface area contributed by atoms with E-state index in [1.54, 1.807) is 23.7 Å². The number of rotatable bonds is 8. The molecule has 2 N–H and O–H groups in total. The lowest BCUT2D eigenvalue weighted by molar-refractivity contribution is -0.141. The second-order valence-electron chi connectivity index (χ2n) is 8.99. The highest BCUT2D eigenvalue weighted by Crippen LogP contribution is 2.40. The van der Waals surface area contributed by atoms with Crippen LogP contribution in [0.25, 0.3) is 0 Å². The first kappa shape index (κ1) is 27.4. The molecule has 3 heterocycles. The van der Waals surface area contributed by atoms with E-state index in [1.165, 1.54) is 36.3 Å². The Bertz CT molecular complexity index is 1260. The van der Waals surface area contributed by atoms with E-state index in [-0.39, 0.29) is 23.6 Å². The Morgan fingerprint density at radius 2 is 2.14 bits per heavy atom. The number of carbonyl (C=O) groups excluding carboxylic acids is 1. The van der Waals surface area contributed by atoms with E-state index >= 15 is 0 Å². The van der Waals surface area contributed by atoms with Gasteiger partial charge in [-0.2, -0.15) is 0 Å². The number of thiazole rings is 1. The van der Waals surface area contributed by atoms with Gasteiger partial charge in [0, 0.05) is 51.9 Å². The van der Waals surface area contributed by atoms with Crippen LogP contribution in [0.4, 0.5) is 8.78 Å². The molecule has 0 bridgehead atoms. The van der Waals surface area contributed by atoms with E-state index in [2.05, 4.69) is 10.3 Å². The Hall–Kier alpha value is -2.60. The predicted molar refractivity (Wildman–Crippen MR) is 136 cm³/mol. The Morgan fingerprint density at radius 3 is 2.76 bits per heavy atom. The summed E-state index contributed by atoms with van der Waals surface area (Å²) in [5, 5.41) is 15.4. The molecule has 2 aromatic rings. The largest absolute Gasteiger partial charge is 0.481 e. The fourth-order valence-corrected chi connectivity index (χ4v) is 5.66. The molecular formula is C24H24Cl2F2N4O4S. The van der Waals surface area contributed by atoms with Crippen molar-refractivity contribution in [3.05, 3.63) is 61.7 Å². The van der Waals surface area contributed by atoms with E-state index < -0.39 is 48.8 Å². The van der Waals surface area contributed by atoms with Gasteiger partial charge in [-0.3, -0.25) is 14.7 Å². The number of ether oxygens (including phenoxy) is 1. The van der Waals surface area contributed by atoms with Crippen molar-refractivity contribution in [3.8, 4) is 0 Å². The zero-order valence-corrected chi connectivity index (χ0v) is 22.2. The standard InChI is InChI=1S/C24H24Cl2F2N4O4S/c1-12(22(33)34)7-14-9-24(27,28)11-32(14)10-17-18(23(35)36-2)19(15-4-3-13(25)8-16(15)26)31-20(30-17)21-29-5-6-37-21/h3-6,8,12,14,19H,7,9-11H2,1-2H3,(H,30,31)(H,33,34). The third kappa shape index (κ3) is 6.11. The molecule has 3 atom stereocenters. The molecule has 1 aromatic carbocycles. The number of benzene rings is 1. The third-order valence-corrected chi connectivity index (χ3v) is 7.66. The molecule has 0 spiro atoms. The maximum absolute atomic E-state index is 14.5. The van der Waals surface area contributed by atoms with Gasteiger partial charge in [-0.15, -0.1) is 11.3 Å². The van der Waals surface area contributed by atoms with Gasteiger partial charge in [0.15, 0.2) is 10.8 Å². The molecule has 0 amide bonds. The van der Waals surface area contributed by atoms with Crippen molar-refractivity contribution in [2.75, 3.05) is 20.2 Å². The van der Waals surface area contributed by atoms with Crippen molar-refractivity contribution in [2.45, 2.75) is 37.8 Å². The predicted octanol–water partition coefficient (Wildman–Crippen LogP) is 4.79. The van der Waals surface area contributed by atoms with Gasteiger partial charge >= 0.3 is 11.9 Å². The van der Waals surface area contributed by atoms with Crippen LogP contribution >= 0.6 is 34.5 Å². The van der Waals surface area contributed by atoms with E-state index in [0.29, 0.717) is 27.1 Å². The van der Waals surface area contributed by atoms with Crippen LogP contribution in [0.2, 0.25) is 10.0 Å². The van der Waals surface area contributed by atoms with Crippen LogP contribution in [-0.2, 0) is 14.3 Å². The van der Waals surface area contributed by atoms with Crippen LogP contribution in [0, 0.1) is 5.92 Å². The van der Waals surface area contributed by atoms with Crippen molar-refractivity contribution in [3.63, 3.8) is 0 Å². The molecule has 0 radical (unpaired) electrons. The fraction of sp³-hybridized carbons (Fsp3) is 0.417. The van der Waals surface area contributed by atoms with Crippen LogP contribution in [-0.4, -0.2) is 64.9 Å². The number of carboxylic acids is 1. The molecule has 1 aromatic heterocycles. The number of nitrogens with zero attached hydrogens (tertiary/aromatic N) is 3. The molecule has 1 fully saturated rings. The minimum atomic E-state index is -3.01. The van der Waals surface area contributed by atoms with E-state index in [9.17, 15) is 23.5 Å². The number of carboxylic acid groups (broad SMARTS) is 1. The number of alkyl halides is 2. The molecule has 3 unspecified atom stereocenters. The molecule has 8 nitrogen and oxygen atoms in total. The van der Waals surface area contributed by atoms with Gasteiger partial charge in [-0.25, -0.2) is 18.6 Å². The molecule has 198 valence electrons.